The highest BCUT2D eigenvalue weighted by Crippen LogP contribution is 2.28. The van der Waals surface area contributed by atoms with Gasteiger partial charge in [-0.05, 0) is 49.6 Å². The normalized spacial score (nSPS) is 14.3. The molecule has 1 aromatic heterocycles. The molecule has 0 bridgehead atoms. The summed E-state index contributed by atoms with van der Waals surface area (Å²) in [6.45, 7) is 1.65. The summed E-state index contributed by atoms with van der Waals surface area (Å²) in [4.78, 5) is 18.6. The molecule has 24 heavy (non-hydrogen) atoms. The first-order valence-corrected chi connectivity index (χ1v) is 8.41. The molecule has 1 saturated heterocycles. The average molecular weight is 346 g/mol. The van der Waals surface area contributed by atoms with Crippen molar-refractivity contribution in [3.63, 3.8) is 0 Å². The van der Waals surface area contributed by atoms with Crippen LogP contribution in [0.1, 0.15) is 29.8 Å². The van der Waals surface area contributed by atoms with Crippen molar-refractivity contribution in [3.8, 4) is 5.75 Å². The zero-order chi connectivity index (χ0) is 16.9. The molecular weight excluding hydrogens is 326 g/mol. The highest BCUT2D eigenvalue weighted by atomic mass is 35.5. The Bertz CT molecular complexity index is 713. The Hall–Kier alpha value is -2.27. The van der Waals surface area contributed by atoms with E-state index in [4.69, 9.17) is 16.3 Å². The number of amides is 1. The summed E-state index contributed by atoms with van der Waals surface area (Å²) in [7, 11) is 1.58. The first-order valence-electron chi connectivity index (χ1n) is 8.03. The lowest BCUT2D eigenvalue weighted by atomic mass is 10.1. The first-order chi connectivity index (χ1) is 11.7. The van der Waals surface area contributed by atoms with Gasteiger partial charge >= 0.3 is 0 Å². The van der Waals surface area contributed by atoms with Crippen LogP contribution in [0.2, 0.25) is 5.02 Å². The van der Waals surface area contributed by atoms with E-state index in [9.17, 15) is 4.79 Å². The summed E-state index contributed by atoms with van der Waals surface area (Å²) in [5.41, 5.74) is 2.11. The lowest BCUT2D eigenvalue weighted by Crippen LogP contribution is -2.36. The fourth-order valence-electron chi connectivity index (χ4n) is 2.76. The number of benzene rings is 1. The number of ether oxygens (including phenoxy) is 1. The maximum atomic E-state index is 12.4. The molecule has 1 aliphatic heterocycles. The van der Waals surface area contributed by atoms with Crippen molar-refractivity contribution in [2.24, 2.45) is 0 Å². The Morgan fingerprint density at radius 3 is 2.54 bits per heavy atom. The van der Waals surface area contributed by atoms with Gasteiger partial charge in [0, 0.05) is 18.8 Å². The van der Waals surface area contributed by atoms with Crippen molar-refractivity contribution in [2.45, 2.75) is 19.3 Å². The Kier molecular flexibility index (Phi) is 5.20. The van der Waals surface area contributed by atoms with Crippen LogP contribution in [-0.4, -0.2) is 36.0 Å². The highest BCUT2D eigenvalue weighted by Gasteiger charge is 2.18. The molecule has 1 aliphatic rings. The van der Waals surface area contributed by atoms with E-state index in [0.717, 1.165) is 37.3 Å². The number of piperidine rings is 1. The number of halogens is 1. The molecule has 1 N–H and O–H groups in total. The molecule has 126 valence electrons. The van der Waals surface area contributed by atoms with Gasteiger partial charge in [0.05, 0.1) is 24.0 Å². The number of methoxy groups -OCH3 is 1. The minimum absolute atomic E-state index is 0.00809. The molecule has 1 aromatic carbocycles. The third-order valence-electron chi connectivity index (χ3n) is 4.07. The molecule has 3 rings (SSSR count). The second-order valence-corrected chi connectivity index (χ2v) is 6.17. The molecule has 0 saturated carbocycles. The third kappa shape index (κ3) is 3.79. The molecule has 0 unspecified atom stereocenters. The van der Waals surface area contributed by atoms with Gasteiger partial charge < -0.3 is 15.0 Å². The predicted molar refractivity (Wildman–Crippen MR) is 95.3 cm³/mol. The number of likely N-dealkylation sites (tertiary alicyclic amines) is 1. The van der Waals surface area contributed by atoms with E-state index in [2.05, 4.69) is 10.3 Å². The Morgan fingerprint density at radius 2 is 1.92 bits per heavy atom. The zero-order valence-electron chi connectivity index (χ0n) is 13.6. The highest BCUT2D eigenvalue weighted by molar-refractivity contribution is 6.32. The van der Waals surface area contributed by atoms with Crippen molar-refractivity contribution < 1.29 is 9.53 Å². The molecule has 0 atom stereocenters. The van der Waals surface area contributed by atoms with Crippen LogP contribution in [0.4, 0.5) is 11.4 Å². The molecule has 0 radical (unpaired) electrons. The van der Waals surface area contributed by atoms with E-state index < -0.39 is 0 Å². The summed E-state index contributed by atoms with van der Waals surface area (Å²) in [6, 6.07) is 9.06. The van der Waals surface area contributed by atoms with Gasteiger partial charge in [-0.15, -0.1) is 0 Å². The molecule has 1 fully saturated rings. The maximum absolute atomic E-state index is 12.4. The van der Waals surface area contributed by atoms with Crippen LogP contribution in [0.15, 0.2) is 36.5 Å². The van der Waals surface area contributed by atoms with Gasteiger partial charge in [-0.2, -0.15) is 0 Å². The average Bonchev–Trinajstić information content (AvgIpc) is 2.63. The zero-order valence-corrected chi connectivity index (χ0v) is 14.3. The SMILES string of the molecule is COc1ccc(Nc2ccc(C(=O)N3CCCCC3)nc2)cc1Cl. The number of hydrogen-bond donors (Lipinski definition) is 1. The third-order valence-corrected chi connectivity index (χ3v) is 4.36. The molecule has 0 aliphatic carbocycles. The first kappa shape index (κ1) is 16.6. The fourth-order valence-corrected chi connectivity index (χ4v) is 3.02. The van der Waals surface area contributed by atoms with Crippen LogP contribution in [-0.2, 0) is 0 Å². The van der Waals surface area contributed by atoms with Gasteiger partial charge in [0.1, 0.15) is 11.4 Å². The summed E-state index contributed by atoms with van der Waals surface area (Å²) in [5, 5.41) is 3.75. The summed E-state index contributed by atoms with van der Waals surface area (Å²) >= 11 is 6.12. The topological polar surface area (TPSA) is 54.5 Å². The van der Waals surface area contributed by atoms with Crippen LogP contribution in [0.3, 0.4) is 0 Å². The van der Waals surface area contributed by atoms with Crippen molar-refractivity contribution in [2.75, 3.05) is 25.5 Å². The standard InChI is InChI=1S/C18H20ClN3O2/c1-24-17-8-6-13(11-15(17)19)21-14-5-7-16(20-12-14)18(23)22-9-3-2-4-10-22/h5-8,11-12,21H,2-4,9-10H2,1H3. The number of pyridine rings is 1. The van der Waals surface area contributed by atoms with Crippen molar-refractivity contribution >= 4 is 28.9 Å². The van der Waals surface area contributed by atoms with Gasteiger partial charge in [-0.3, -0.25) is 4.79 Å². The monoisotopic (exact) mass is 345 g/mol. The van der Waals surface area contributed by atoms with Crippen LogP contribution >= 0.6 is 11.6 Å². The van der Waals surface area contributed by atoms with E-state index >= 15 is 0 Å². The number of hydrogen-bond acceptors (Lipinski definition) is 4. The molecule has 1 amide bonds. The van der Waals surface area contributed by atoms with Crippen LogP contribution < -0.4 is 10.1 Å². The Morgan fingerprint density at radius 1 is 1.17 bits per heavy atom. The number of nitrogens with one attached hydrogen (secondary N) is 1. The Labute approximate surface area is 146 Å². The molecule has 2 aromatic rings. The number of carbonyl (C=O) groups excluding carboxylic acids is 1. The molecule has 6 heteroatoms. The molecule has 2 heterocycles. The van der Waals surface area contributed by atoms with Gasteiger partial charge in [0.2, 0.25) is 0 Å². The second-order valence-electron chi connectivity index (χ2n) is 5.76. The van der Waals surface area contributed by atoms with E-state index in [-0.39, 0.29) is 5.91 Å². The smallest absolute Gasteiger partial charge is 0.272 e. The summed E-state index contributed by atoms with van der Waals surface area (Å²) in [6.07, 6.45) is 5.01. The predicted octanol–water partition coefficient (Wildman–Crippen LogP) is 4.11. The number of nitrogens with zero attached hydrogens (tertiary/aromatic N) is 2. The maximum Gasteiger partial charge on any atom is 0.272 e. The summed E-state index contributed by atoms with van der Waals surface area (Å²) in [5.74, 6) is 0.636. The molecule has 0 spiro atoms. The van der Waals surface area contributed by atoms with E-state index in [0.29, 0.717) is 16.5 Å². The molecular formula is C18H20ClN3O2. The minimum Gasteiger partial charge on any atom is -0.495 e. The van der Waals surface area contributed by atoms with Gasteiger partial charge in [0.15, 0.2) is 0 Å². The van der Waals surface area contributed by atoms with Gasteiger partial charge in [-0.25, -0.2) is 4.98 Å². The summed E-state index contributed by atoms with van der Waals surface area (Å²) < 4.78 is 5.14. The van der Waals surface area contributed by atoms with Crippen LogP contribution in [0.5, 0.6) is 5.75 Å². The van der Waals surface area contributed by atoms with Gasteiger partial charge in [0.25, 0.3) is 5.91 Å². The number of carbonyl (C=O) groups is 1. The second kappa shape index (κ2) is 7.53. The van der Waals surface area contributed by atoms with Crippen molar-refractivity contribution in [1.29, 1.82) is 0 Å². The van der Waals surface area contributed by atoms with E-state index in [1.54, 1.807) is 31.5 Å². The van der Waals surface area contributed by atoms with Crippen LogP contribution in [0, 0.1) is 0 Å². The van der Waals surface area contributed by atoms with Crippen molar-refractivity contribution in [3.05, 3.63) is 47.2 Å². The fraction of sp³-hybridized carbons (Fsp3) is 0.333. The number of aromatic nitrogens is 1. The van der Waals surface area contributed by atoms with E-state index in [1.165, 1.54) is 6.42 Å². The lowest BCUT2D eigenvalue weighted by molar-refractivity contribution is 0.0718. The molecule has 5 nitrogen and oxygen atoms in total. The Balaban J connectivity index is 1.68. The van der Waals surface area contributed by atoms with Crippen molar-refractivity contribution in [1.82, 2.24) is 9.88 Å². The van der Waals surface area contributed by atoms with Crippen LogP contribution in [0.25, 0.3) is 0 Å². The lowest BCUT2D eigenvalue weighted by Gasteiger charge is -2.26. The van der Waals surface area contributed by atoms with E-state index in [1.807, 2.05) is 17.0 Å². The largest absolute Gasteiger partial charge is 0.495 e. The number of rotatable bonds is 4. The quantitative estimate of drug-likeness (QED) is 0.905. The van der Waals surface area contributed by atoms with Gasteiger partial charge in [-0.1, -0.05) is 11.6 Å². The minimum atomic E-state index is 0.00809. The number of anilines is 2.